The molecule has 2 aromatic heterocycles. The zero-order chi connectivity index (χ0) is 22.4. The van der Waals surface area contributed by atoms with E-state index in [1.54, 1.807) is 19.2 Å². The van der Waals surface area contributed by atoms with E-state index in [9.17, 15) is 9.90 Å². The molecule has 0 aliphatic heterocycles. The van der Waals surface area contributed by atoms with Crippen molar-refractivity contribution in [3.8, 4) is 11.6 Å². The summed E-state index contributed by atoms with van der Waals surface area (Å²) in [5.41, 5.74) is 3.03. The number of fused-ring (bicyclic) bond motifs is 2. The maximum atomic E-state index is 12.9. The predicted molar refractivity (Wildman–Crippen MR) is 122 cm³/mol. The Bertz CT molecular complexity index is 1380. The van der Waals surface area contributed by atoms with Crippen LogP contribution in [0.2, 0.25) is 5.02 Å². The number of nitrogens with zero attached hydrogens (tertiary/aromatic N) is 2. The van der Waals surface area contributed by atoms with E-state index in [4.69, 9.17) is 20.8 Å². The fraction of sp³-hybridized carbons (Fsp3) is 0.240. The third kappa shape index (κ3) is 3.50. The van der Waals surface area contributed by atoms with Crippen LogP contribution in [0.3, 0.4) is 0 Å². The van der Waals surface area contributed by atoms with Crippen LogP contribution in [0.25, 0.3) is 11.0 Å². The van der Waals surface area contributed by atoms with Gasteiger partial charge in [0.2, 0.25) is 5.88 Å². The van der Waals surface area contributed by atoms with Crippen molar-refractivity contribution in [1.29, 1.82) is 0 Å². The fourth-order valence-corrected chi connectivity index (χ4v) is 4.76. The lowest BCUT2D eigenvalue weighted by Crippen LogP contribution is -2.25. The Balaban J connectivity index is 1.69. The van der Waals surface area contributed by atoms with Gasteiger partial charge in [-0.3, -0.25) is 4.79 Å². The van der Waals surface area contributed by atoms with E-state index in [-0.39, 0.29) is 28.4 Å². The van der Waals surface area contributed by atoms with E-state index >= 15 is 0 Å². The number of methoxy groups -OCH3 is 1. The number of phenols is 1. The first-order valence-electron chi connectivity index (χ1n) is 10.4. The first kappa shape index (κ1) is 20.5. The van der Waals surface area contributed by atoms with Crippen LogP contribution >= 0.6 is 11.6 Å². The van der Waals surface area contributed by atoms with Crippen LogP contribution in [0, 0.1) is 6.92 Å². The van der Waals surface area contributed by atoms with Gasteiger partial charge in [0, 0.05) is 29.0 Å². The van der Waals surface area contributed by atoms with Gasteiger partial charge in [0.15, 0.2) is 5.43 Å². The van der Waals surface area contributed by atoms with Gasteiger partial charge in [0.25, 0.3) is 0 Å². The van der Waals surface area contributed by atoms with Gasteiger partial charge >= 0.3 is 0 Å². The predicted octanol–water partition coefficient (Wildman–Crippen LogP) is 4.93. The van der Waals surface area contributed by atoms with Gasteiger partial charge in [-0.05, 0) is 49.1 Å². The molecule has 6 nitrogen and oxygen atoms in total. The van der Waals surface area contributed by atoms with Crippen LogP contribution < -0.4 is 10.2 Å². The van der Waals surface area contributed by atoms with Crippen LogP contribution in [0.4, 0.5) is 0 Å². The lowest BCUT2D eigenvalue weighted by Gasteiger charge is -2.33. The number of hydrogen-bond donors (Lipinski definition) is 1. The minimum atomic E-state index is -0.267. The molecule has 2 heterocycles. The summed E-state index contributed by atoms with van der Waals surface area (Å²) in [5, 5.41) is 11.0. The second-order valence-corrected chi connectivity index (χ2v) is 8.48. The van der Waals surface area contributed by atoms with Crippen molar-refractivity contribution in [2.75, 3.05) is 7.11 Å². The minimum absolute atomic E-state index is 0.00196. The molecule has 0 saturated carbocycles. The van der Waals surface area contributed by atoms with Gasteiger partial charge in [0.1, 0.15) is 28.3 Å². The average molecular weight is 449 g/mol. The van der Waals surface area contributed by atoms with E-state index in [0.29, 0.717) is 40.9 Å². The zero-order valence-electron chi connectivity index (χ0n) is 17.6. The van der Waals surface area contributed by atoms with Gasteiger partial charge in [0.05, 0.1) is 12.8 Å². The van der Waals surface area contributed by atoms with Crippen molar-refractivity contribution in [2.45, 2.75) is 31.6 Å². The highest BCUT2D eigenvalue weighted by Crippen LogP contribution is 2.45. The quantitative estimate of drug-likeness (QED) is 0.478. The third-order valence-corrected chi connectivity index (χ3v) is 6.35. The summed E-state index contributed by atoms with van der Waals surface area (Å²) in [6, 6.07) is 14.1. The Morgan fingerprint density at radius 2 is 1.88 bits per heavy atom. The molecule has 1 aliphatic carbocycles. The number of halogens is 1. The molecule has 2 atom stereocenters. The summed E-state index contributed by atoms with van der Waals surface area (Å²) in [5.74, 6) is 1.55. The number of phenolic OH excluding ortho intramolecular Hbond substituents is 1. The first-order chi connectivity index (χ1) is 15.4. The normalized spacial score (nSPS) is 17.8. The molecule has 2 unspecified atom stereocenters. The summed E-state index contributed by atoms with van der Waals surface area (Å²) in [6.07, 6.45) is 1.20. The van der Waals surface area contributed by atoms with Gasteiger partial charge < -0.3 is 14.3 Å². The molecule has 32 heavy (non-hydrogen) atoms. The molecular formula is C25H21ClN2O4. The summed E-state index contributed by atoms with van der Waals surface area (Å²) >= 11 is 6.13. The SMILES string of the molecule is COc1nc(C)nc2c1CC(c1ccc(Cl)cc1)C(c1cc(=O)c3c(O)cccc3o1)C2. The van der Waals surface area contributed by atoms with Crippen LogP contribution in [-0.2, 0) is 12.8 Å². The molecule has 0 bridgehead atoms. The number of aryl methyl sites for hydroxylation is 1. The van der Waals surface area contributed by atoms with Crippen molar-refractivity contribution >= 4 is 22.6 Å². The Morgan fingerprint density at radius 3 is 2.62 bits per heavy atom. The number of aromatic nitrogens is 2. The highest BCUT2D eigenvalue weighted by atomic mass is 35.5. The Labute approximate surface area is 189 Å². The lowest BCUT2D eigenvalue weighted by atomic mass is 9.73. The van der Waals surface area contributed by atoms with Gasteiger partial charge in [-0.1, -0.05) is 29.8 Å². The second kappa shape index (κ2) is 7.95. The molecule has 7 heteroatoms. The standard InChI is InChI=1S/C25H21ClN2O4/c1-13-27-19-11-17(23-12-21(30)24-20(29)4-3-5-22(24)32-23)16(10-18(19)25(28-13)31-2)14-6-8-15(26)9-7-14/h3-9,12,16-17,29H,10-11H2,1-2H3. The zero-order valence-corrected chi connectivity index (χ0v) is 18.4. The van der Waals surface area contributed by atoms with Gasteiger partial charge in [-0.2, -0.15) is 4.98 Å². The number of benzene rings is 2. The first-order valence-corrected chi connectivity index (χ1v) is 10.7. The van der Waals surface area contributed by atoms with Crippen LogP contribution in [0.1, 0.15) is 40.2 Å². The van der Waals surface area contributed by atoms with Crippen molar-refractivity contribution in [3.63, 3.8) is 0 Å². The molecule has 0 radical (unpaired) electrons. The van der Waals surface area contributed by atoms with E-state index in [0.717, 1.165) is 16.8 Å². The van der Waals surface area contributed by atoms with Crippen molar-refractivity contribution < 1.29 is 14.3 Å². The Morgan fingerprint density at radius 1 is 1.09 bits per heavy atom. The average Bonchev–Trinajstić information content (AvgIpc) is 2.78. The van der Waals surface area contributed by atoms with Crippen LogP contribution in [0.5, 0.6) is 11.6 Å². The molecule has 162 valence electrons. The maximum absolute atomic E-state index is 12.9. The smallest absolute Gasteiger partial charge is 0.219 e. The molecule has 1 aliphatic rings. The van der Waals surface area contributed by atoms with E-state index in [1.165, 1.54) is 12.1 Å². The molecular weight excluding hydrogens is 428 g/mol. The van der Waals surface area contributed by atoms with E-state index in [2.05, 4.69) is 9.97 Å². The fourth-order valence-electron chi connectivity index (χ4n) is 4.63. The Hall–Kier alpha value is -3.38. The number of rotatable bonds is 3. The molecule has 4 aromatic rings. The summed E-state index contributed by atoms with van der Waals surface area (Å²) in [7, 11) is 1.61. The molecule has 0 fully saturated rings. The monoisotopic (exact) mass is 448 g/mol. The maximum Gasteiger partial charge on any atom is 0.219 e. The molecule has 0 saturated heterocycles. The number of aromatic hydroxyl groups is 1. The molecule has 0 amide bonds. The van der Waals surface area contributed by atoms with Crippen LogP contribution in [-0.4, -0.2) is 22.2 Å². The van der Waals surface area contributed by atoms with Gasteiger partial charge in [-0.25, -0.2) is 4.98 Å². The largest absolute Gasteiger partial charge is 0.507 e. The second-order valence-electron chi connectivity index (χ2n) is 8.04. The Kier molecular flexibility index (Phi) is 5.10. The van der Waals surface area contributed by atoms with Crippen LogP contribution in [0.15, 0.2) is 57.7 Å². The summed E-state index contributed by atoms with van der Waals surface area (Å²) < 4.78 is 11.7. The highest BCUT2D eigenvalue weighted by Gasteiger charge is 2.36. The van der Waals surface area contributed by atoms with Crippen molar-refractivity contribution in [2.24, 2.45) is 0 Å². The highest BCUT2D eigenvalue weighted by molar-refractivity contribution is 6.30. The molecule has 2 aromatic carbocycles. The topological polar surface area (TPSA) is 85.5 Å². The van der Waals surface area contributed by atoms with Crippen molar-refractivity contribution in [1.82, 2.24) is 9.97 Å². The molecule has 0 spiro atoms. The molecule has 1 N–H and O–H groups in total. The summed E-state index contributed by atoms with van der Waals surface area (Å²) in [6.45, 7) is 1.84. The molecule has 5 rings (SSSR count). The third-order valence-electron chi connectivity index (χ3n) is 6.10. The lowest BCUT2D eigenvalue weighted by molar-refractivity contribution is 0.364. The minimum Gasteiger partial charge on any atom is -0.507 e. The van der Waals surface area contributed by atoms with Gasteiger partial charge in [-0.15, -0.1) is 0 Å². The number of ether oxygens (including phenoxy) is 1. The number of hydrogen-bond acceptors (Lipinski definition) is 6. The van der Waals surface area contributed by atoms with E-state index < -0.39 is 0 Å². The van der Waals surface area contributed by atoms with E-state index in [1.807, 2.05) is 31.2 Å². The van der Waals surface area contributed by atoms with Crippen molar-refractivity contribution in [3.05, 3.63) is 92.2 Å². The summed E-state index contributed by atoms with van der Waals surface area (Å²) in [4.78, 5) is 22.0.